The summed E-state index contributed by atoms with van der Waals surface area (Å²) in [6.45, 7) is 5.94. The number of amides is 2. The highest BCUT2D eigenvalue weighted by atomic mass is 35.5. The summed E-state index contributed by atoms with van der Waals surface area (Å²) in [5.41, 5.74) is 3.21. The monoisotopic (exact) mass is 489 g/mol. The molecule has 1 atom stereocenters. The van der Waals surface area contributed by atoms with Gasteiger partial charge >= 0.3 is 0 Å². The molecule has 2 aromatic rings. The molecule has 0 aliphatic carbocycles. The molecule has 0 radical (unpaired) electrons. The van der Waals surface area contributed by atoms with Crippen molar-refractivity contribution in [2.75, 3.05) is 23.3 Å². The normalized spacial score (nSPS) is 19.4. The van der Waals surface area contributed by atoms with E-state index in [1.807, 2.05) is 19.9 Å². The van der Waals surface area contributed by atoms with E-state index in [-0.39, 0.29) is 41.8 Å². The first kappa shape index (κ1) is 23.7. The minimum absolute atomic E-state index is 0.00624. The van der Waals surface area contributed by atoms with Gasteiger partial charge in [0.1, 0.15) is 0 Å². The number of carbonyl (C=O) groups is 2. The van der Waals surface area contributed by atoms with E-state index in [9.17, 15) is 18.0 Å². The van der Waals surface area contributed by atoms with Crippen LogP contribution in [0.15, 0.2) is 41.3 Å². The van der Waals surface area contributed by atoms with Gasteiger partial charge in [0, 0.05) is 37.7 Å². The summed E-state index contributed by atoms with van der Waals surface area (Å²) in [6, 6.07) is 10.4. The molecule has 0 aromatic heterocycles. The number of anilines is 2. The molecule has 33 heavy (non-hydrogen) atoms. The Balaban J connectivity index is 1.43. The van der Waals surface area contributed by atoms with E-state index in [0.29, 0.717) is 30.0 Å². The number of nitrogens with one attached hydrogen (secondary N) is 1. The maximum Gasteiger partial charge on any atom is 0.243 e. The van der Waals surface area contributed by atoms with E-state index in [2.05, 4.69) is 5.32 Å². The maximum atomic E-state index is 13.3. The zero-order valence-electron chi connectivity index (χ0n) is 19.0. The largest absolute Gasteiger partial charge is 0.325 e. The molecule has 2 aromatic carbocycles. The first-order chi connectivity index (χ1) is 15.6. The van der Waals surface area contributed by atoms with Gasteiger partial charge in [0.15, 0.2) is 0 Å². The van der Waals surface area contributed by atoms with Crippen molar-refractivity contribution in [2.24, 2.45) is 5.92 Å². The molecule has 7 nitrogen and oxygen atoms in total. The van der Waals surface area contributed by atoms with Crippen LogP contribution in [-0.2, 0) is 26.0 Å². The van der Waals surface area contributed by atoms with Crippen LogP contribution in [-0.4, -0.2) is 43.7 Å². The van der Waals surface area contributed by atoms with E-state index in [1.165, 1.54) is 11.2 Å². The Bertz CT molecular complexity index is 1210. The molecule has 0 bridgehead atoms. The third-order valence-corrected chi connectivity index (χ3v) is 8.66. The Labute approximate surface area is 199 Å². The van der Waals surface area contributed by atoms with Crippen LogP contribution < -0.4 is 10.2 Å². The van der Waals surface area contributed by atoms with Gasteiger partial charge in [-0.25, -0.2) is 8.42 Å². The third-order valence-electron chi connectivity index (χ3n) is 6.45. The molecule has 2 amide bonds. The second-order valence-electron chi connectivity index (χ2n) is 8.88. The SMILES string of the molecule is CC(=O)N1c2ccc(S(=O)(=O)N3CCC(C(=O)Nc4ccc(C)cc4Cl)CC3)cc2CC1C. The summed E-state index contributed by atoms with van der Waals surface area (Å²) >= 11 is 6.21. The smallest absolute Gasteiger partial charge is 0.243 e. The van der Waals surface area contributed by atoms with E-state index in [1.54, 1.807) is 35.2 Å². The number of benzene rings is 2. The Hall–Kier alpha value is -2.42. The number of hydrogen-bond acceptors (Lipinski definition) is 4. The van der Waals surface area contributed by atoms with E-state index in [0.717, 1.165) is 16.8 Å². The number of nitrogens with zero attached hydrogens (tertiary/aromatic N) is 2. The van der Waals surface area contributed by atoms with Crippen molar-refractivity contribution in [3.8, 4) is 0 Å². The van der Waals surface area contributed by atoms with E-state index in [4.69, 9.17) is 11.6 Å². The van der Waals surface area contributed by atoms with Gasteiger partial charge in [-0.15, -0.1) is 0 Å². The van der Waals surface area contributed by atoms with Crippen molar-refractivity contribution in [2.45, 2.75) is 51.0 Å². The second-order valence-corrected chi connectivity index (χ2v) is 11.2. The highest BCUT2D eigenvalue weighted by Gasteiger charge is 2.34. The molecule has 1 unspecified atom stereocenters. The van der Waals surface area contributed by atoms with Crippen LogP contribution in [0.2, 0.25) is 5.02 Å². The van der Waals surface area contributed by atoms with E-state index >= 15 is 0 Å². The zero-order valence-corrected chi connectivity index (χ0v) is 20.5. The predicted octanol–water partition coefficient (Wildman–Crippen LogP) is 3.99. The molecule has 176 valence electrons. The standard InChI is InChI=1S/C24H28ClN3O4S/c1-15-4-6-22(21(25)12-15)26-24(30)18-8-10-27(11-9-18)33(31,32)20-5-7-23-19(14-20)13-16(2)28(23)17(3)29/h4-7,12,14,16,18H,8-11,13H2,1-3H3,(H,26,30). The van der Waals surface area contributed by atoms with Crippen molar-refractivity contribution in [1.29, 1.82) is 0 Å². The number of rotatable bonds is 4. The van der Waals surface area contributed by atoms with Gasteiger partial charge in [-0.05, 0) is 74.6 Å². The number of hydrogen-bond donors (Lipinski definition) is 1. The van der Waals surface area contributed by atoms with E-state index < -0.39 is 10.0 Å². The Morgan fingerprint density at radius 3 is 2.42 bits per heavy atom. The summed E-state index contributed by atoms with van der Waals surface area (Å²) < 4.78 is 28.0. The molecule has 0 spiro atoms. The lowest BCUT2D eigenvalue weighted by Gasteiger charge is -2.30. The number of carbonyl (C=O) groups excluding carboxylic acids is 2. The quantitative estimate of drug-likeness (QED) is 0.703. The highest BCUT2D eigenvalue weighted by Crippen LogP contribution is 2.35. The minimum Gasteiger partial charge on any atom is -0.325 e. The van der Waals surface area contributed by atoms with Crippen molar-refractivity contribution in [3.63, 3.8) is 0 Å². The molecule has 2 aliphatic heterocycles. The fourth-order valence-corrected chi connectivity index (χ4v) is 6.51. The van der Waals surface area contributed by atoms with Gasteiger partial charge in [-0.3, -0.25) is 9.59 Å². The zero-order chi connectivity index (χ0) is 23.9. The number of sulfonamides is 1. The average molecular weight is 490 g/mol. The van der Waals surface area contributed by atoms with Gasteiger partial charge in [-0.2, -0.15) is 4.31 Å². The minimum atomic E-state index is -3.68. The van der Waals surface area contributed by atoms with Gasteiger partial charge in [0.25, 0.3) is 0 Å². The van der Waals surface area contributed by atoms with Crippen LogP contribution in [0.25, 0.3) is 0 Å². The molecule has 1 saturated heterocycles. The van der Waals surface area contributed by atoms with Crippen molar-refractivity contribution in [1.82, 2.24) is 4.31 Å². The predicted molar refractivity (Wildman–Crippen MR) is 129 cm³/mol. The topological polar surface area (TPSA) is 86.8 Å². The fraction of sp³-hybridized carbons (Fsp3) is 0.417. The third kappa shape index (κ3) is 4.65. The molecular formula is C24H28ClN3O4S. The van der Waals surface area contributed by atoms with Gasteiger partial charge < -0.3 is 10.2 Å². The molecule has 1 fully saturated rings. The van der Waals surface area contributed by atoms with Gasteiger partial charge in [-0.1, -0.05) is 17.7 Å². The molecule has 2 heterocycles. The molecular weight excluding hydrogens is 462 g/mol. The lowest BCUT2D eigenvalue weighted by atomic mass is 9.97. The highest BCUT2D eigenvalue weighted by molar-refractivity contribution is 7.89. The van der Waals surface area contributed by atoms with Crippen molar-refractivity contribution >= 4 is 44.8 Å². The van der Waals surface area contributed by atoms with Gasteiger partial charge in [0.2, 0.25) is 21.8 Å². The van der Waals surface area contributed by atoms with Crippen LogP contribution >= 0.6 is 11.6 Å². The fourth-order valence-electron chi connectivity index (χ4n) is 4.71. The number of aryl methyl sites for hydroxylation is 1. The number of fused-ring (bicyclic) bond motifs is 1. The van der Waals surface area contributed by atoms with Crippen molar-refractivity contribution < 1.29 is 18.0 Å². The molecule has 9 heteroatoms. The van der Waals surface area contributed by atoms with Crippen LogP contribution in [0.1, 0.15) is 37.8 Å². The Kier molecular flexibility index (Phi) is 6.53. The maximum absolute atomic E-state index is 13.3. The van der Waals surface area contributed by atoms with Gasteiger partial charge in [0.05, 0.1) is 15.6 Å². The second kappa shape index (κ2) is 9.08. The molecule has 0 saturated carbocycles. The summed E-state index contributed by atoms with van der Waals surface area (Å²) in [7, 11) is -3.68. The first-order valence-corrected chi connectivity index (χ1v) is 12.9. The first-order valence-electron chi connectivity index (χ1n) is 11.1. The molecule has 1 N–H and O–H groups in total. The number of piperidine rings is 1. The average Bonchev–Trinajstić information content (AvgIpc) is 3.10. The lowest BCUT2D eigenvalue weighted by Crippen LogP contribution is -2.41. The number of halogens is 1. The molecule has 4 rings (SSSR count). The lowest BCUT2D eigenvalue weighted by molar-refractivity contribution is -0.121. The van der Waals surface area contributed by atoms with Crippen LogP contribution in [0.3, 0.4) is 0 Å². The Morgan fingerprint density at radius 1 is 1.09 bits per heavy atom. The van der Waals surface area contributed by atoms with Crippen LogP contribution in [0, 0.1) is 12.8 Å². The summed E-state index contributed by atoms with van der Waals surface area (Å²) in [5, 5.41) is 3.35. The molecule has 2 aliphatic rings. The summed E-state index contributed by atoms with van der Waals surface area (Å²) in [5.74, 6) is -0.475. The van der Waals surface area contributed by atoms with Crippen molar-refractivity contribution in [3.05, 3.63) is 52.5 Å². The van der Waals surface area contributed by atoms with Crippen LogP contribution in [0.5, 0.6) is 0 Å². The van der Waals surface area contributed by atoms with Crippen LogP contribution in [0.4, 0.5) is 11.4 Å². The summed E-state index contributed by atoms with van der Waals surface area (Å²) in [6.07, 6.45) is 1.51. The Morgan fingerprint density at radius 2 is 1.79 bits per heavy atom. The summed E-state index contributed by atoms with van der Waals surface area (Å²) in [4.78, 5) is 26.6.